The minimum Gasteiger partial charge on any atom is -0.508 e. The molecule has 22 heavy (non-hydrogen) atoms. The zero-order chi connectivity index (χ0) is 15.5. The molecule has 4 heteroatoms. The van der Waals surface area contributed by atoms with E-state index in [1.807, 2.05) is 11.4 Å². The van der Waals surface area contributed by atoms with Crippen LogP contribution in [0.1, 0.15) is 35.6 Å². The monoisotopic (exact) mass is 319 g/mol. The van der Waals surface area contributed by atoms with Gasteiger partial charge in [0.2, 0.25) is 0 Å². The van der Waals surface area contributed by atoms with Gasteiger partial charge in [0.25, 0.3) is 0 Å². The summed E-state index contributed by atoms with van der Waals surface area (Å²) in [6.07, 6.45) is 3.33. The molecule has 1 aromatic heterocycles. The van der Waals surface area contributed by atoms with Crippen LogP contribution in [0.3, 0.4) is 0 Å². The number of hydrogen-bond acceptors (Lipinski definition) is 3. The lowest BCUT2D eigenvalue weighted by atomic mass is 9.83. The Bertz CT molecular complexity index is 606. The molecule has 2 nitrogen and oxygen atoms in total. The summed E-state index contributed by atoms with van der Waals surface area (Å²) in [5.41, 5.74) is 0.723. The first-order chi connectivity index (χ1) is 10.6. The average molecular weight is 319 g/mol. The molecule has 1 atom stereocenters. The molecule has 0 amide bonds. The van der Waals surface area contributed by atoms with Gasteiger partial charge in [-0.1, -0.05) is 6.07 Å². The van der Waals surface area contributed by atoms with E-state index in [2.05, 4.69) is 18.0 Å². The number of nitrogens with zero attached hydrogens (tertiary/aromatic N) is 1. The Labute approximate surface area is 135 Å². The van der Waals surface area contributed by atoms with Gasteiger partial charge in [-0.05, 0) is 75.0 Å². The van der Waals surface area contributed by atoms with Crippen LogP contribution in [0.2, 0.25) is 0 Å². The maximum atomic E-state index is 13.7. The third-order valence-corrected chi connectivity index (χ3v) is 5.64. The predicted octanol–water partition coefficient (Wildman–Crippen LogP) is 4.46. The topological polar surface area (TPSA) is 23.5 Å². The van der Waals surface area contributed by atoms with Crippen molar-refractivity contribution in [2.24, 2.45) is 5.92 Å². The molecular formula is C18H22FNOS. The Kier molecular flexibility index (Phi) is 4.79. The number of likely N-dealkylation sites (tertiary alicyclic amines) is 1. The van der Waals surface area contributed by atoms with Crippen molar-refractivity contribution in [2.45, 2.75) is 25.2 Å². The zero-order valence-corrected chi connectivity index (χ0v) is 13.7. The molecule has 0 spiro atoms. The Morgan fingerprint density at radius 2 is 2.09 bits per heavy atom. The number of hydrogen-bond donors (Lipinski definition) is 1. The summed E-state index contributed by atoms with van der Waals surface area (Å²) in [5, 5.41) is 12.3. The number of halogens is 1. The maximum absolute atomic E-state index is 13.7. The summed E-state index contributed by atoms with van der Waals surface area (Å²) in [7, 11) is 2.16. The SMILES string of the molecule is CN1CCC(CC(c2cccs2)c2cc(F)ccc2O)CC1. The van der Waals surface area contributed by atoms with Crippen molar-refractivity contribution < 1.29 is 9.50 Å². The molecule has 2 heterocycles. The van der Waals surface area contributed by atoms with Gasteiger partial charge < -0.3 is 10.0 Å². The molecule has 1 unspecified atom stereocenters. The number of thiophene rings is 1. The Hall–Kier alpha value is -1.39. The fourth-order valence-electron chi connectivity index (χ4n) is 3.32. The van der Waals surface area contributed by atoms with E-state index in [1.165, 1.54) is 35.9 Å². The first-order valence-corrected chi connectivity index (χ1v) is 8.72. The number of piperidine rings is 1. The van der Waals surface area contributed by atoms with E-state index >= 15 is 0 Å². The van der Waals surface area contributed by atoms with E-state index in [0.717, 1.165) is 25.1 Å². The van der Waals surface area contributed by atoms with Gasteiger partial charge in [-0.3, -0.25) is 0 Å². The lowest BCUT2D eigenvalue weighted by molar-refractivity contribution is 0.208. The number of aromatic hydroxyl groups is 1. The molecule has 0 bridgehead atoms. The molecule has 118 valence electrons. The molecule has 1 N–H and O–H groups in total. The lowest BCUT2D eigenvalue weighted by Gasteiger charge is -2.31. The van der Waals surface area contributed by atoms with Crippen LogP contribution < -0.4 is 0 Å². The highest BCUT2D eigenvalue weighted by molar-refractivity contribution is 7.10. The Balaban J connectivity index is 1.86. The van der Waals surface area contributed by atoms with Crippen molar-refractivity contribution in [3.8, 4) is 5.75 Å². The van der Waals surface area contributed by atoms with Crippen LogP contribution >= 0.6 is 11.3 Å². The highest BCUT2D eigenvalue weighted by Gasteiger charge is 2.25. The third-order valence-electron chi connectivity index (χ3n) is 4.66. The van der Waals surface area contributed by atoms with Crippen molar-refractivity contribution in [2.75, 3.05) is 20.1 Å². The van der Waals surface area contributed by atoms with Crippen LogP contribution in [0.5, 0.6) is 5.75 Å². The highest BCUT2D eigenvalue weighted by Crippen LogP contribution is 2.40. The van der Waals surface area contributed by atoms with Crippen molar-refractivity contribution in [1.82, 2.24) is 4.90 Å². The minimum atomic E-state index is -0.280. The maximum Gasteiger partial charge on any atom is 0.123 e. The van der Waals surface area contributed by atoms with Gasteiger partial charge in [-0.2, -0.15) is 0 Å². The smallest absolute Gasteiger partial charge is 0.123 e. The summed E-state index contributed by atoms with van der Waals surface area (Å²) in [6.45, 7) is 2.24. The van der Waals surface area contributed by atoms with Gasteiger partial charge in [0.05, 0.1) is 0 Å². The molecule has 1 fully saturated rings. The van der Waals surface area contributed by atoms with Crippen molar-refractivity contribution in [3.05, 3.63) is 52.0 Å². The van der Waals surface area contributed by atoms with Crippen molar-refractivity contribution in [1.29, 1.82) is 0 Å². The second-order valence-corrected chi connectivity index (χ2v) is 7.23. The molecule has 3 rings (SSSR count). The second-order valence-electron chi connectivity index (χ2n) is 6.25. The van der Waals surface area contributed by atoms with Crippen LogP contribution in [0, 0.1) is 11.7 Å². The Morgan fingerprint density at radius 3 is 2.77 bits per heavy atom. The molecule has 1 aliphatic heterocycles. The van der Waals surface area contributed by atoms with Gasteiger partial charge in [0, 0.05) is 16.4 Å². The van der Waals surface area contributed by atoms with E-state index in [-0.39, 0.29) is 17.5 Å². The van der Waals surface area contributed by atoms with Crippen molar-refractivity contribution in [3.63, 3.8) is 0 Å². The second kappa shape index (κ2) is 6.80. The normalized spacial score (nSPS) is 18.5. The summed E-state index contributed by atoms with van der Waals surface area (Å²) >= 11 is 1.69. The van der Waals surface area contributed by atoms with Crippen LogP contribution in [0.4, 0.5) is 4.39 Å². The molecule has 1 aromatic carbocycles. The molecule has 1 saturated heterocycles. The quantitative estimate of drug-likeness (QED) is 0.899. The third kappa shape index (κ3) is 3.50. The standard InChI is InChI=1S/C18H22FNOS/c1-20-8-6-13(7-9-20)11-16(18-3-2-10-22-18)15-12-14(19)4-5-17(15)21/h2-5,10,12-13,16,21H,6-9,11H2,1H3. The van der Waals surface area contributed by atoms with Crippen LogP contribution in [-0.2, 0) is 0 Å². The largest absolute Gasteiger partial charge is 0.508 e. The minimum absolute atomic E-state index is 0.0871. The number of phenolic OH excluding ortho intramolecular Hbond substituents is 1. The van der Waals surface area contributed by atoms with Gasteiger partial charge in [-0.15, -0.1) is 11.3 Å². The fourth-order valence-corrected chi connectivity index (χ4v) is 4.18. The zero-order valence-electron chi connectivity index (χ0n) is 12.8. The summed E-state index contributed by atoms with van der Waals surface area (Å²) < 4.78 is 13.7. The molecule has 0 aliphatic carbocycles. The predicted molar refractivity (Wildman–Crippen MR) is 89.1 cm³/mol. The van der Waals surface area contributed by atoms with E-state index in [4.69, 9.17) is 0 Å². The first kappa shape index (κ1) is 15.5. The molecule has 0 radical (unpaired) electrons. The van der Waals surface area contributed by atoms with E-state index in [1.54, 1.807) is 11.3 Å². The summed E-state index contributed by atoms with van der Waals surface area (Å²) in [5.74, 6) is 0.639. The molecular weight excluding hydrogens is 297 g/mol. The van der Waals surface area contributed by atoms with Crippen molar-refractivity contribution >= 4 is 11.3 Å². The number of phenols is 1. The fraction of sp³-hybridized carbons (Fsp3) is 0.444. The Morgan fingerprint density at radius 1 is 1.32 bits per heavy atom. The molecule has 2 aromatic rings. The van der Waals surface area contributed by atoms with E-state index in [9.17, 15) is 9.50 Å². The number of rotatable bonds is 4. The molecule has 1 aliphatic rings. The first-order valence-electron chi connectivity index (χ1n) is 7.84. The van der Waals surface area contributed by atoms with Gasteiger partial charge >= 0.3 is 0 Å². The summed E-state index contributed by atoms with van der Waals surface area (Å²) in [6, 6.07) is 8.40. The van der Waals surface area contributed by atoms with Crippen LogP contribution in [-0.4, -0.2) is 30.1 Å². The summed E-state index contributed by atoms with van der Waals surface area (Å²) in [4.78, 5) is 3.57. The van der Waals surface area contributed by atoms with Gasteiger partial charge in [0.1, 0.15) is 11.6 Å². The van der Waals surface area contributed by atoms with Gasteiger partial charge in [-0.25, -0.2) is 4.39 Å². The van der Waals surface area contributed by atoms with Crippen LogP contribution in [0.25, 0.3) is 0 Å². The van der Waals surface area contributed by atoms with E-state index < -0.39 is 0 Å². The van der Waals surface area contributed by atoms with E-state index in [0.29, 0.717) is 5.92 Å². The van der Waals surface area contributed by atoms with Gasteiger partial charge in [0.15, 0.2) is 0 Å². The van der Waals surface area contributed by atoms with Crippen LogP contribution in [0.15, 0.2) is 35.7 Å². The molecule has 0 saturated carbocycles. The average Bonchev–Trinajstić information content (AvgIpc) is 3.03. The lowest BCUT2D eigenvalue weighted by Crippen LogP contribution is -2.30. The highest BCUT2D eigenvalue weighted by atomic mass is 32.1. The number of benzene rings is 1.